The number of carbonyl (C=O) groups excluding carboxylic acids is 1. The summed E-state index contributed by atoms with van der Waals surface area (Å²) in [6, 6.07) is -1.37. The van der Waals surface area contributed by atoms with Crippen molar-refractivity contribution in [3.63, 3.8) is 0 Å². The van der Waals surface area contributed by atoms with Gasteiger partial charge in [-0.25, -0.2) is 9.59 Å². The van der Waals surface area contributed by atoms with E-state index in [0.717, 1.165) is 6.42 Å². The predicted molar refractivity (Wildman–Crippen MR) is 63.4 cm³/mol. The lowest BCUT2D eigenvalue weighted by Gasteiger charge is -2.20. The van der Waals surface area contributed by atoms with Gasteiger partial charge < -0.3 is 24.8 Å². The van der Waals surface area contributed by atoms with Crippen LogP contribution in [-0.2, 0) is 14.3 Å². The summed E-state index contributed by atoms with van der Waals surface area (Å²) in [5.74, 6) is -0.774. The van der Waals surface area contributed by atoms with Crippen molar-refractivity contribution < 1.29 is 24.2 Å². The molecule has 1 heterocycles. The maximum absolute atomic E-state index is 11.8. The van der Waals surface area contributed by atoms with Gasteiger partial charge in [0, 0.05) is 33.2 Å². The lowest BCUT2D eigenvalue weighted by atomic mass is 10.1. The molecule has 7 nitrogen and oxygen atoms in total. The summed E-state index contributed by atoms with van der Waals surface area (Å²) in [6.45, 7) is 1.79. The number of nitrogens with zero attached hydrogens (tertiary/aromatic N) is 1. The van der Waals surface area contributed by atoms with Crippen LogP contribution in [0.25, 0.3) is 0 Å². The fourth-order valence-electron chi connectivity index (χ4n) is 1.97. The Morgan fingerprint density at radius 1 is 1.44 bits per heavy atom. The van der Waals surface area contributed by atoms with Crippen molar-refractivity contribution in [2.24, 2.45) is 5.92 Å². The highest BCUT2D eigenvalue weighted by molar-refractivity contribution is 5.82. The largest absolute Gasteiger partial charge is 0.480 e. The van der Waals surface area contributed by atoms with E-state index in [4.69, 9.17) is 14.6 Å². The minimum Gasteiger partial charge on any atom is -0.480 e. The Morgan fingerprint density at radius 3 is 2.72 bits per heavy atom. The van der Waals surface area contributed by atoms with Gasteiger partial charge in [-0.1, -0.05) is 0 Å². The number of ether oxygens (including phenoxy) is 2. The number of methoxy groups -OCH3 is 2. The van der Waals surface area contributed by atoms with E-state index in [1.54, 1.807) is 12.0 Å². The fourth-order valence-corrected chi connectivity index (χ4v) is 1.97. The molecule has 2 amide bonds. The summed E-state index contributed by atoms with van der Waals surface area (Å²) in [6.07, 6.45) is 0.878. The van der Waals surface area contributed by atoms with Crippen molar-refractivity contribution in [3.8, 4) is 0 Å². The smallest absolute Gasteiger partial charge is 0.328 e. The molecular weight excluding hydrogens is 240 g/mol. The normalized spacial score (nSPS) is 20.8. The summed E-state index contributed by atoms with van der Waals surface area (Å²) in [5.41, 5.74) is 0. The minimum atomic E-state index is -1.10. The first-order valence-electron chi connectivity index (χ1n) is 5.84. The number of carboxylic acid groups (broad SMARTS) is 1. The lowest BCUT2D eigenvalue weighted by Crippen LogP contribution is -2.49. The van der Waals surface area contributed by atoms with Crippen LogP contribution in [0.3, 0.4) is 0 Å². The van der Waals surface area contributed by atoms with Crippen molar-refractivity contribution in [2.45, 2.75) is 12.5 Å². The third-order valence-electron chi connectivity index (χ3n) is 2.90. The molecule has 1 aliphatic rings. The molecule has 0 aliphatic carbocycles. The van der Waals surface area contributed by atoms with Crippen LogP contribution in [-0.4, -0.2) is 68.6 Å². The monoisotopic (exact) mass is 260 g/mol. The SMILES string of the molecule is COCC1CCN(C(=O)NC(COC)C(=O)O)C1. The van der Waals surface area contributed by atoms with E-state index >= 15 is 0 Å². The van der Waals surface area contributed by atoms with E-state index in [1.807, 2.05) is 0 Å². The van der Waals surface area contributed by atoms with Gasteiger partial charge in [-0.15, -0.1) is 0 Å². The van der Waals surface area contributed by atoms with Gasteiger partial charge in [-0.3, -0.25) is 0 Å². The van der Waals surface area contributed by atoms with Gasteiger partial charge in [0.05, 0.1) is 13.2 Å². The third-order valence-corrected chi connectivity index (χ3v) is 2.90. The van der Waals surface area contributed by atoms with Crippen LogP contribution in [0.2, 0.25) is 0 Å². The first kappa shape index (κ1) is 14.7. The summed E-state index contributed by atoms with van der Waals surface area (Å²) in [7, 11) is 3.02. The Kier molecular flexibility index (Phi) is 5.87. The molecule has 1 saturated heterocycles. The molecule has 0 saturated carbocycles. The first-order valence-corrected chi connectivity index (χ1v) is 5.84. The molecular formula is C11H20N2O5. The maximum Gasteiger partial charge on any atom is 0.328 e. The topological polar surface area (TPSA) is 88.1 Å². The van der Waals surface area contributed by atoms with Crippen LogP contribution in [0.5, 0.6) is 0 Å². The number of carbonyl (C=O) groups is 2. The van der Waals surface area contributed by atoms with E-state index in [-0.39, 0.29) is 12.6 Å². The van der Waals surface area contributed by atoms with Gasteiger partial charge >= 0.3 is 12.0 Å². The average molecular weight is 260 g/mol. The molecule has 7 heteroatoms. The highest BCUT2D eigenvalue weighted by atomic mass is 16.5. The van der Waals surface area contributed by atoms with E-state index in [2.05, 4.69) is 5.32 Å². The Balaban J connectivity index is 2.42. The van der Waals surface area contributed by atoms with E-state index < -0.39 is 12.0 Å². The van der Waals surface area contributed by atoms with Gasteiger partial charge in [-0.05, 0) is 6.42 Å². The summed E-state index contributed by atoms with van der Waals surface area (Å²) in [4.78, 5) is 24.3. The van der Waals surface area contributed by atoms with Crippen molar-refractivity contribution in [1.82, 2.24) is 10.2 Å². The number of likely N-dealkylation sites (tertiary alicyclic amines) is 1. The molecule has 0 aromatic carbocycles. The molecule has 1 rings (SSSR count). The number of hydrogen-bond donors (Lipinski definition) is 2. The minimum absolute atomic E-state index is 0.0452. The Bertz CT molecular complexity index is 297. The van der Waals surface area contributed by atoms with Crippen molar-refractivity contribution in [1.29, 1.82) is 0 Å². The molecule has 0 aromatic heterocycles. The highest BCUT2D eigenvalue weighted by Gasteiger charge is 2.29. The van der Waals surface area contributed by atoms with Crippen LogP contribution in [0.1, 0.15) is 6.42 Å². The zero-order valence-corrected chi connectivity index (χ0v) is 10.7. The predicted octanol–water partition coefficient (Wildman–Crippen LogP) is -0.236. The van der Waals surface area contributed by atoms with Crippen LogP contribution in [0, 0.1) is 5.92 Å². The number of aliphatic carboxylic acids is 1. The van der Waals surface area contributed by atoms with Crippen LogP contribution >= 0.6 is 0 Å². The number of nitrogens with one attached hydrogen (secondary N) is 1. The number of carboxylic acids is 1. The van der Waals surface area contributed by atoms with Gasteiger partial charge in [0.2, 0.25) is 0 Å². The quantitative estimate of drug-likeness (QED) is 0.688. The molecule has 0 aromatic rings. The van der Waals surface area contributed by atoms with Crippen LogP contribution in [0.15, 0.2) is 0 Å². The molecule has 1 aliphatic heterocycles. The number of rotatable bonds is 6. The molecule has 18 heavy (non-hydrogen) atoms. The van der Waals surface area contributed by atoms with Gasteiger partial charge in [-0.2, -0.15) is 0 Å². The van der Waals surface area contributed by atoms with Crippen molar-refractivity contribution in [3.05, 3.63) is 0 Å². The second-order valence-electron chi connectivity index (χ2n) is 4.35. The number of amides is 2. The van der Waals surface area contributed by atoms with E-state index in [1.165, 1.54) is 7.11 Å². The zero-order chi connectivity index (χ0) is 13.5. The van der Waals surface area contributed by atoms with Crippen LogP contribution in [0.4, 0.5) is 4.79 Å². The Labute approximate surface area is 106 Å². The zero-order valence-electron chi connectivity index (χ0n) is 10.7. The first-order chi connectivity index (χ1) is 8.58. The second-order valence-corrected chi connectivity index (χ2v) is 4.35. The Morgan fingerprint density at radius 2 is 2.17 bits per heavy atom. The van der Waals surface area contributed by atoms with E-state index in [9.17, 15) is 9.59 Å². The second kappa shape index (κ2) is 7.17. The van der Waals surface area contributed by atoms with Gasteiger partial charge in [0.15, 0.2) is 6.04 Å². The molecule has 0 spiro atoms. The molecule has 0 bridgehead atoms. The van der Waals surface area contributed by atoms with Crippen molar-refractivity contribution in [2.75, 3.05) is 40.5 Å². The number of urea groups is 1. The molecule has 104 valence electrons. The van der Waals surface area contributed by atoms with Gasteiger partial charge in [0.1, 0.15) is 0 Å². The van der Waals surface area contributed by atoms with Crippen LogP contribution < -0.4 is 5.32 Å². The molecule has 2 unspecified atom stereocenters. The van der Waals surface area contributed by atoms with E-state index in [0.29, 0.717) is 25.6 Å². The summed E-state index contributed by atoms with van der Waals surface area (Å²) >= 11 is 0. The van der Waals surface area contributed by atoms with Gasteiger partial charge in [0.25, 0.3) is 0 Å². The molecule has 0 radical (unpaired) electrons. The third kappa shape index (κ3) is 4.15. The maximum atomic E-state index is 11.8. The average Bonchev–Trinajstić information content (AvgIpc) is 2.77. The standard InChI is InChI=1S/C11H20N2O5/c1-17-6-8-3-4-13(5-8)11(16)12-9(7-18-2)10(14)15/h8-9H,3-7H2,1-2H3,(H,12,16)(H,14,15). The molecule has 1 fully saturated rings. The highest BCUT2D eigenvalue weighted by Crippen LogP contribution is 2.16. The Hall–Kier alpha value is -1.34. The fraction of sp³-hybridized carbons (Fsp3) is 0.818. The molecule has 2 atom stereocenters. The lowest BCUT2D eigenvalue weighted by molar-refractivity contribution is -0.140. The number of hydrogen-bond acceptors (Lipinski definition) is 4. The van der Waals surface area contributed by atoms with Crippen molar-refractivity contribution >= 4 is 12.0 Å². The summed E-state index contributed by atoms with van der Waals surface area (Å²) < 4.78 is 9.79. The summed E-state index contributed by atoms with van der Waals surface area (Å²) in [5, 5.41) is 11.3. The molecule has 2 N–H and O–H groups in total.